The molecular weight excluding hydrogens is 576 g/mol. The van der Waals surface area contributed by atoms with Gasteiger partial charge in [0.15, 0.2) is 5.11 Å². The van der Waals surface area contributed by atoms with Crippen molar-refractivity contribution in [3.63, 3.8) is 0 Å². The van der Waals surface area contributed by atoms with Gasteiger partial charge < -0.3 is 14.6 Å². The smallest absolute Gasteiger partial charge is 0.269 e. The SMILES string of the molecule is Cc1ccc(Cl)cc1-c1ccc(C2C(c3ccccn3)NC(=S)N2c2ccc(Sc3ccc([N+](=O)[O-])cc3)cc2)o1. The molecular formula is C31H23ClN4O3S2. The van der Waals surface area contributed by atoms with Crippen molar-refractivity contribution in [2.45, 2.75) is 28.8 Å². The second-order valence-electron chi connectivity index (χ2n) is 9.50. The van der Waals surface area contributed by atoms with Crippen LogP contribution in [0.2, 0.25) is 5.02 Å². The van der Waals surface area contributed by atoms with E-state index in [4.69, 9.17) is 28.2 Å². The van der Waals surface area contributed by atoms with E-state index in [2.05, 4.69) is 15.2 Å². The Bertz CT molecular complexity index is 1730. The number of thiocarbonyl (C=S) groups is 1. The molecule has 3 heterocycles. The second kappa shape index (κ2) is 11.4. The zero-order valence-corrected chi connectivity index (χ0v) is 24.1. The van der Waals surface area contributed by atoms with Crippen LogP contribution in [0.3, 0.4) is 0 Å². The lowest BCUT2D eigenvalue weighted by atomic mass is 10.0. The van der Waals surface area contributed by atoms with E-state index in [0.717, 1.165) is 43.8 Å². The second-order valence-corrected chi connectivity index (χ2v) is 11.5. The summed E-state index contributed by atoms with van der Waals surface area (Å²) in [5.74, 6) is 1.47. The maximum atomic E-state index is 11.0. The van der Waals surface area contributed by atoms with Gasteiger partial charge in [-0.15, -0.1) is 0 Å². The molecule has 5 aromatic rings. The fraction of sp³-hybridized carbons (Fsp3) is 0.0968. The Labute approximate surface area is 251 Å². The lowest BCUT2D eigenvalue weighted by Crippen LogP contribution is -2.29. The van der Waals surface area contributed by atoms with Gasteiger partial charge in [-0.3, -0.25) is 15.1 Å². The third-order valence-corrected chi connectivity index (χ3v) is 8.44. The van der Waals surface area contributed by atoms with E-state index in [1.54, 1.807) is 18.3 Å². The van der Waals surface area contributed by atoms with Crippen LogP contribution in [0.5, 0.6) is 0 Å². The molecule has 2 aromatic heterocycles. The summed E-state index contributed by atoms with van der Waals surface area (Å²) in [4.78, 5) is 19.1. The first-order valence-electron chi connectivity index (χ1n) is 12.8. The van der Waals surface area contributed by atoms with Crippen molar-refractivity contribution in [3.8, 4) is 11.3 Å². The Morgan fingerprint density at radius 2 is 1.73 bits per heavy atom. The average Bonchev–Trinajstić information content (AvgIpc) is 3.60. The molecule has 1 aliphatic heterocycles. The molecule has 2 atom stereocenters. The molecule has 7 nitrogen and oxygen atoms in total. The molecule has 0 spiro atoms. The Kier molecular flexibility index (Phi) is 7.49. The summed E-state index contributed by atoms with van der Waals surface area (Å²) < 4.78 is 6.49. The maximum Gasteiger partial charge on any atom is 0.269 e. The van der Waals surface area contributed by atoms with Gasteiger partial charge in [0, 0.05) is 44.4 Å². The number of nitrogens with zero attached hydrogens (tertiary/aromatic N) is 3. The number of benzene rings is 3. The highest BCUT2D eigenvalue weighted by Crippen LogP contribution is 2.44. The largest absolute Gasteiger partial charge is 0.459 e. The first-order valence-corrected chi connectivity index (χ1v) is 14.4. The molecule has 2 unspecified atom stereocenters. The zero-order valence-electron chi connectivity index (χ0n) is 21.7. The minimum Gasteiger partial charge on any atom is -0.459 e. The molecule has 1 N–H and O–H groups in total. The van der Waals surface area contributed by atoms with Crippen molar-refractivity contribution < 1.29 is 9.34 Å². The van der Waals surface area contributed by atoms with Crippen molar-refractivity contribution in [1.29, 1.82) is 0 Å². The van der Waals surface area contributed by atoms with Gasteiger partial charge in [0.2, 0.25) is 0 Å². The van der Waals surface area contributed by atoms with Crippen LogP contribution >= 0.6 is 35.6 Å². The quantitative estimate of drug-likeness (QED) is 0.113. The molecule has 1 aliphatic rings. The normalized spacial score (nSPS) is 16.5. The Morgan fingerprint density at radius 1 is 1.00 bits per heavy atom. The van der Waals surface area contributed by atoms with Crippen LogP contribution in [0.25, 0.3) is 11.3 Å². The first-order chi connectivity index (χ1) is 19.9. The molecule has 1 saturated heterocycles. The van der Waals surface area contributed by atoms with Gasteiger partial charge in [-0.2, -0.15) is 0 Å². The lowest BCUT2D eigenvalue weighted by Gasteiger charge is -2.26. The van der Waals surface area contributed by atoms with Gasteiger partial charge in [0.25, 0.3) is 5.69 Å². The standard InChI is InChI=1S/C31H23ClN4O3S2/c1-19-5-6-20(32)18-25(19)27-15-16-28(39-27)30-29(26-4-2-3-17-33-26)34-31(40)35(30)21-7-11-23(12-8-21)41-24-13-9-22(10-14-24)36(37)38/h2-18,29-30H,1H3,(H,34,40). The number of pyridine rings is 1. The fourth-order valence-electron chi connectivity index (χ4n) is 4.88. The molecule has 204 valence electrons. The average molecular weight is 599 g/mol. The number of anilines is 1. The van der Waals surface area contributed by atoms with Crippen LogP contribution < -0.4 is 10.2 Å². The van der Waals surface area contributed by atoms with Crippen LogP contribution in [-0.2, 0) is 0 Å². The van der Waals surface area contributed by atoms with Gasteiger partial charge in [-0.05, 0) is 97.5 Å². The summed E-state index contributed by atoms with van der Waals surface area (Å²) in [6.07, 6.45) is 1.77. The molecule has 6 rings (SSSR count). The predicted octanol–water partition coefficient (Wildman–Crippen LogP) is 8.54. The molecule has 3 aromatic carbocycles. The van der Waals surface area contributed by atoms with Crippen LogP contribution in [0.1, 0.15) is 29.1 Å². The molecule has 0 bridgehead atoms. The van der Waals surface area contributed by atoms with E-state index in [1.807, 2.05) is 79.7 Å². The minimum atomic E-state index is -0.400. The van der Waals surface area contributed by atoms with Crippen LogP contribution in [-0.4, -0.2) is 15.0 Å². The Balaban J connectivity index is 1.33. The van der Waals surface area contributed by atoms with Crippen LogP contribution in [0, 0.1) is 17.0 Å². The minimum absolute atomic E-state index is 0.0693. The molecule has 0 amide bonds. The summed E-state index contributed by atoms with van der Waals surface area (Å²) in [6, 6.07) is 29.6. The number of furan rings is 1. The van der Waals surface area contributed by atoms with E-state index in [-0.39, 0.29) is 17.8 Å². The van der Waals surface area contributed by atoms with E-state index in [1.165, 1.54) is 23.9 Å². The van der Waals surface area contributed by atoms with E-state index < -0.39 is 4.92 Å². The number of aryl methyl sites for hydroxylation is 1. The Morgan fingerprint density at radius 3 is 2.41 bits per heavy atom. The predicted molar refractivity (Wildman–Crippen MR) is 165 cm³/mol. The summed E-state index contributed by atoms with van der Waals surface area (Å²) in [5.41, 5.74) is 3.82. The topological polar surface area (TPSA) is 84.4 Å². The van der Waals surface area contributed by atoms with Crippen LogP contribution in [0.4, 0.5) is 11.4 Å². The lowest BCUT2D eigenvalue weighted by molar-refractivity contribution is -0.384. The summed E-state index contributed by atoms with van der Waals surface area (Å²) in [5, 5.41) is 15.6. The van der Waals surface area contributed by atoms with E-state index in [9.17, 15) is 10.1 Å². The van der Waals surface area contributed by atoms with Crippen LogP contribution in [0.15, 0.2) is 117 Å². The number of nitro benzene ring substituents is 1. The molecule has 0 radical (unpaired) electrons. The van der Waals surface area contributed by atoms with E-state index >= 15 is 0 Å². The number of non-ortho nitro benzene ring substituents is 1. The maximum absolute atomic E-state index is 11.0. The van der Waals surface area contributed by atoms with Crippen molar-refractivity contribution in [2.24, 2.45) is 0 Å². The number of nitrogens with one attached hydrogen (secondary N) is 1. The van der Waals surface area contributed by atoms with E-state index in [0.29, 0.717) is 10.1 Å². The number of hydrogen-bond acceptors (Lipinski definition) is 6. The van der Waals surface area contributed by atoms with Crippen molar-refractivity contribution in [1.82, 2.24) is 10.3 Å². The highest BCUT2D eigenvalue weighted by atomic mass is 35.5. The molecule has 0 saturated carbocycles. The third kappa shape index (κ3) is 5.56. The summed E-state index contributed by atoms with van der Waals surface area (Å²) in [7, 11) is 0. The molecule has 1 fully saturated rings. The Hall–Kier alpha value is -4.18. The first kappa shape index (κ1) is 27.0. The summed E-state index contributed by atoms with van der Waals surface area (Å²) in [6.45, 7) is 2.03. The third-order valence-electron chi connectivity index (χ3n) is 6.88. The fourth-order valence-corrected chi connectivity index (χ4v) is 6.22. The number of hydrogen-bond donors (Lipinski definition) is 1. The van der Waals surface area contributed by atoms with Crippen molar-refractivity contribution in [3.05, 3.63) is 135 Å². The molecule has 41 heavy (non-hydrogen) atoms. The highest BCUT2D eigenvalue weighted by molar-refractivity contribution is 7.99. The zero-order chi connectivity index (χ0) is 28.5. The molecule has 0 aliphatic carbocycles. The van der Waals surface area contributed by atoms with Gasteiger partial charge in [0.05, 0.1) is 16.7 Å². The number of rotatable bonds is 7. The van der Waals surface area contributed by atoms with Gasteiger partial charge in [-0.1, -0.05) is 35.5 Å². The molecule has 10 heteroatoms. The number of nitro groups is 1. The van der Waals surface area contributed by atoms with Crippen molar-refractivity contribution >= 4 is 52.1 Å². The van der Waals surface area contributed by atoms with Gasteiger partial charge in [-0.25, -0.2) is 0 Å². The van der Waals surface area contributed by atoms with Gasteiger partial charge >= 0.3 is 0 Å². The summed E-state index contributed by atoms with van der Waals surface area (Å²) >= 11 is 13.7. The van der Waals surface area contributed by atoms with Gasteiger partial charge in [0.1, 0.15) is 17.6 Å². The highest BCUT2D eigenvalue weighted by Gasteiger charge is 2.42. The van der Waals surface area contributed by atoms with Crippen molar-refractivity contribution in [2.75, 3.05) is 4.90 Å². The number of halogens is 1. The monoisotopic (exact) mass is 598 g/mol. The number of aromatic nitrogens is 1.